The molecule has 2 amide bonds. The van der Waals surface area contributed by atoms with Gasteiger partial charge in [-0.25, -0.2) is 9.78 Å². The molecule has 1 fully saturated rings. The van der Waals surface area contributed by atoms with E-state index in [0.29, 0.717) is 13.1 Å². The Kier molecular flexibility index (Phi) is 4.06. The van der Waals surface area contributed by atoms with Crippen molar-refractivity contribution in [3.05, 3.63) is 42.2 Å². The number of imidazole rings is 1. The highest BCUT2D eigenvalue weighted by Crippen LogP contribution is 2.22. The third kappa shape index (κ3) is 2.94. The first-order valence-corrected chi connectivity index (χ1v) is 7.31. The standard InChI is InChI=1S/C15H20N6O/c1-11-9-16-4-3-12(11)19-15(22)21-8-7-20(2)13(10-21)14-17-5-6-18-14/h3-6,9,13H,7-8,10H2,1-2H3,(H,17,18)(H,16,19,22). The predicted molar refractivity (Wildman–Crippen MR) is 83.5 cm³/mol. The number of piperazine rings is 1. The van der Waals surface area contributed by atoms with Crippen molar-refractivity contribution in [1.29, 1.82) is 0 Å². The average molecular weight is 300 g/mol. The molecule has 3 rings (SSSR count). The second-order valence-electron chi connectivity index (χ2n) is 5.54. The van der Waals surface area contributed by atoms with Crippen LogP contribution >= 0.6 is 0 Å². The van der Waals surface area contributed by atoms with Gasteiger partial charge in [-0.1, -0.05) is 0 Å². The van der Waals surface area contributed by atoms with Crippen LogP contribution in [0, 0.1) is 6.92 Å². The minimum absolute atomic E-state index is 0.0843. The number of aryl methyl sites for hydroxylation is 1. The molecule has 1 aliphatic rings. The van der Waals surface area contributed by atoms with Crippen LogP contribution in [-0.4, -0.2) is 57.5 Å². The molecule has 1 unspecified atom stereocenters. The predicted octanol–water partition coefficient (Wildman–Crippen LogP) is 1.63. The number of nitrogens with one attached hydrogen (secondary N) is 2. The third-order valence-corrected chi connectivity index (χ3v) is 4.03. The fourth-order valence-electron chi connectivity index (χ4n) is 2.62. The molecule has 0 aliphatic carbocycles. The molecule has 1 aliphatic heterocycles. The molecular weight excluding hydrogens is 280 g/mol. The van der Waals surface area contributed by atoms with E-state index in [1.54, 1.807) is 18.6 Å². The summed E-state index contributed by atoms with van der Waals surface area (Å²) >= 11 is 0. The van der Waals surface area contributed by atoms with E-state index >= 15 is 0 Å². The summed E-state index contributed by atoms with van der Waals surface area (Å²) in [6.45, 7) is 4.05. The summed E-state index contributed by atoms with van der Waals surface area (Å²) in [5.74, 6) is 0.889. The van der Waals surface area contributed by atoms with Crippen molar-refractivity contribution < 1.29 is 4.79 Å². The van der Waals surface area contributed by atoms with E-state index in [4.69, 9.17) is 0 Å². The van der Waals surface area contributed by atoms with Crippen LogP contribution in [0.2, 0.25) is 0 Å². The molecule has 22 heavy (non-hydrogen) atoms. The summed E-state index contributed by atoms with van der Waals surface area (Å²) in [6, 6.07) is 1.82. The highest BCUT2D eigenvalue weighted by atomic mass is 16.2. The smallest absolute Gasteiger partial charge is 0.321 e. The van der Waals surface area contributed by atoms with E-state index in [1.165, 1.54) is 0 Å². The zero-order valence-electron chi connectivity index (χ0n) is 12.8. The van der Waals surface area contributed by atoms with Crippen molar-refractivity contribution >= 4 is 11.7 Å². The van der Waals surface area contributed by atoms with Gasteiger partial charge in [0.05, 0.1) is 6.04 Å². The fourth-order valence-corrected chi connectivity index (χ4v) is 2.62. The molecule has 0 radical (unpaired) electrons. The number of hydrogen-bond donors (Lipinski definition) is 2. The monoisotopic (exact) mass is 300 g/mol. The number of H-pyrrole nitrogens is 1. The summed E-state index contributed by atoms with van der Waals surface area (Å²) in [5, 5.41) is 2.96. The Balaban J connectivity index is 1.69. The number of aromatic amines is 1. The largest absolute Gasteiger partial charge is 0.347 e. The van der Waals surface area contributed by atoms with Crippen LogP contribution in [0.1, 0.15) is 17.4 Å². The fraction of sp³-hybridized carbons (Fsp3) is 0.400. The highest BCUT2D eigenvalue weighted by Gasteiger charge is 2.30. The number of nitrogens with zero attached hydrogens (tertiary/aromatic N) is 4. The van der Waals surface area contributed by atoms with Crippen LogP contribution in [0.25, 0.3) is 0 Å². The second-order valence-corrected chi connectivity index (χ2v) is 5.54. The second kappa shape index (κ2) is 6.15. The van der Waals surface area contributed by atoms with Gasteiger partial charge in [-0.05, 0) is 25.6 Å². The Morgan fingerprint density at radius 2 is 2.27 bits per heavy atom. The minimum atomic E-state index is -0.0843. The molecule has 116 valence electrons. The van der Waals surface area contributed by atoms with Crippen molar-refractivity contribution in [2.45, 2.75) is 13.0 Å². The van der Waals surface area contributed by atoms with Gasteiger partial charge in [0.1, 0.15) is 5.82 Å². The molecule has 0 bridgehead atoms. The van der Waals surface area contributed by atoms with Gasteiger partial charge in [0, 0.05) is 50.1 Å². The molecule has 0 aromatic carbocycles. The molecular formula is C15H20N6O. The summed E-state index contributed by atoms with van der Waals surface area (Å²) in [4.78, 5) is 28.0. The maximum Gasteiger partial charge on any atom is 0.321 e. The van der Waals surface area contributed by atoms with Crippen molar-refractivity contribution in [2.75, 3.05) is 32.0 Å². The van der Waals surface area contributed by atoms with Crippen LogP contribution in [-0.2, 0) is 0 Å². The van der Waals surface area contributed by atoms with Crippen LogP contribution in [0.5, 0.6) is 0 Å². The number of carbonyl (C=O) groups excluding carboxylic acids is 1. The maximum absolute atomic E-state index is 12.5. The van der Waals surface area contributed by atoms with Crippen LogP contribution < -0.4 is 5.32 Å². The number of amides is 2. The quantitative estimate of drug-likeness (QED) is 0.884. The summed E-state index contributed by atoms with van der Waals surface area (Å²) in [6.07, 6.45) is 6.97. The van der Waals surface area contributed by atoms with Crippen LogP contribution in [0.3, 0.4) is 0 Å². The number of urea groups is 1. The van der Waals surface area contributed by atoms with Crippen molar-refractivity contribution in [2.24, 2.45) is 0 Å². The van der Waals surface area contributed by atoms with E-state index in [1.807, 2.05) is 24.1 Å². The van der Waals surface area contributed by atoms with Gasteiger partial charge in [-0.3, -0.25) is 9.88 Å². The Labute approximate surface area is 129 Å². The lowest BCUT2D eigenvalue weighted by atomic mass is 10.1. The lowest BCUT2D eigenvalue weighted by Crippen LogP contribution is -2.50. The molecule has 2 aromatic rings. The number of rotatable bonds is 2. The first-order valence-electron chi connectivity index (χ1n) is 7.31. The van der Waals surface area contributed by atoms with Gasteiger partial charge in [0.15, 0.2) is 0 Å². The number of carbonyl (C=O) groups is 1. The average Bonchev–Trinajstić information content (AvgIpc) is 3.04. The zero-order valence-corrected chi connectivity index (χ0v) is 12.8. The number of likely N-dealkylation sites (N-methyl/N-ethyl adjacent to an activating group) is 1. The van der Waals surface area contributed by atoms with Gasteiger partial charge >= 0.3 is 6.03 Å². The highest BCUT2D eigenvalue weighted by molar-refractivity contribution is 5.90. The molecule has 7 nitrogen and oxygen atoms in total. The lowest BCUT2D eigenvalue weighted by molar-refractivity contribution is 0.112. The summed E-state index contributed by atoms with van der Waals surface area (Å²) in [7, 11) is 2.05. The molecule has 7 heteroatoms. The third-order valence-electron chi connectivity index (χ3n) is 4.03. The number of pyridine rings is 1. The molecule has 0 spiro atoms. The van der Waals surface area contributed by atoms with Gasteiger partial charge in [0.25, 0.3) is 0 Å². The normalized spacial score (nSPS) is 19.2. The Hall–Kier alpha value is -2.41. The van der Waals surface area contributed by atoms with Gasteiger partial charge in [0.2, 0.25) is 0 Å². The molecule has 0 saturated carbocycles. The van der Waals surface area contributed by atoms with E-state index in [2.05, 4.69) is 32.2 Å². The van der Waals surface area contributed by atoms with Crippen molar-refractivity contribution in [3.63, 3.8) is 0 Å². The molecule has 3 heterocycles. The molecule has 2 N–H and O–H groups in total. The minimum Gasteiger partial charge on any atom is -0.347 e. The number of anilines is 1. The zero-order chi connectivity index (χ0) is 15.5. The number of hydrogen-bond acceptors (Lipinski definition) is 4. The van der Waals surface area contributed by atoms with Crippen LogP contribution in [0.4, 0.5) is 10.5 Å². The molecule has 1 saturated heterocycles. The Bertz CT molecular complexity index is 641. The maximum atomic E-state index is 12.5. The topological polar surface area (TPSA) is 77.2 Å². The lowest BCUT2D eigenvalue weighted by Gasteiger charge is -2.38. The van der Waals surface area contributed by atoms with Crippen molar-refractivity contribution in [1.82, 2.24) is 24.8 Å². The van der Waals surface area contributed by atoms with E-state index < -0.39 is 0 Å². The summed E-state index contributed by atoms with van der Waals surface area (Å²) in [5.41, 5.74) is 1.75. The molecule has 1 atom stereocenters. The SMILES string of the molecule is Cc1cnccc1NC(=O)N1CCN(C)C(c2ncc[nH]2)C1. The van der Waals surface area contributed by atoms with Gasteiger partial charge in [-0.15, -0.1) is 0 Å². The van der Waals surface area contributed by atoms with E-state index in [0.717, 1.165) is 23.6 Å². The first kappa shape index (κ1) is 14.5. The van der Waals surface area contributed by atoms with Gasteiger partial charge in [-0.2, -0.15) is 0 Å². The summed E-state index contributed by atoms with van der Waals surface area (Å²) < 4.78 is 0. The van der Waals surface area contributed by atoms with Crippen LogP contribution in [0.15, 0.2) is 30.9 Å². The van der Waals surface area contributed by atoms with E-state index in [9.17, 15) is 4.79 Å². The number of aromatic nitrogens is 3. The Morgan fingerprint density at radius 3 is 3.00 bits per heavy atom. The molecule has 2 aromatic heterocycles. The van der Waals surface area contributed by atoms with Crippen molar-refractivity contribution in [3.8, 4) is 0 Å². The first-order chi connectivity index (χ1) is 10.6. The Morgan fingerprint density at radius 1 is 1.41 bits per heavy atom. The van der Waals surface area contributed by atoms with Gasteiger partial charge < -0.3 is 15.2 Å². The van der Waals surface area contributed by atoms with E-state index in [-0.39, 0.29) is 12.1 Å².